The van der Waals surface area contributed by atoms with E-state index in [0.717, 1.165) is 0 Å². The molecule has 0 bridgehead atoms. The van der Waals surface area contributed by atoms with Gasteiger partial charge in [-0.25, -0.2) is 13.8 Å². The van der Waals surface area contributed by atoms with Crippen LogP contribution in [0.15, 0.2) is 6.07 Å². The van der Waals surface area contributed by atoms with Crippen LogP contribution in [-0.4, -0.2) is 11.3 Å². The summed E-state index contributed by atoms with van der Waals surface area (Å²) in [5, 5.41) is 0. The number of carbonyl (C=O) groups is 1. The Kier molecular flexibility index (Phi) is 4.18. The van der Waals surface area contributed by atoms with E-state index >= 15 is 0 Å². The molecule has 14 heavy (non-hydrogen) atoms. The van der Waals surface area contributed by atoms with Crippen LogP contribution < -0.4 is 0 Å². The van der Waals surface area contributed by atoms with Crippen LogP contribution in [0.4, 0.5) is 8.78 Å². The highest BCUT2D eigenvalue weighted by atomic mass is 127. The van der Waals surface area contributed by atoms with Gasteiger partial charge in [0.15, 0.2) is 6.29 Å². The molecule has 0 N–H and O–H groups in total. The quantitative estimate of drug-likeness (QED) is 0.484. The molecule has 0 radical (unpaired) electrons. The Morgan fingerprint density at radius 3 is 2.71 bits per heavy atom. The Bertz CT molecular complexity index is 359. The topological polar surface area (TPSA) is 30.0 Å². The molecule has 1 aromatic heterocycles. The minimum atomic E-state index is -2.76. The molecule has 6 heteroatoms. The van der Waals surface area contributed by atoms with Crippen molar-refractivity contribution in [2.75, 3.05) is 0 Å². The number of aldehydes is 1. The zero-order chi connectivity index (χ0) is 10.7. The average Bonchev–Trinajstić information content (AvgIpc) is 2.16. The first-order chi connectivity index (χ1) is 6.60. The number of nitrogens with zero attached hydrogens (tertiary/aromatic N) is 1. The monoisotopic (exact) mass is 331 g/mol. The van der Waals surface area contributed by atoms with Crippen molar-refractivity contribution in [3.05, 3.63) is 26.6 Å². The van der Waals surface area contributed by atoms with Crippen molar-refractivity contribution in [3.63, 3.8) is 0 Å². The maximum atomic E-state index is 12.4. The molecule has 0 atom stereocenters. The van der Waals surface area contributed by atoms with E-state index in [1.54, 1.807) is 22.6 Å². The highest BCUT2D eigenvalue weighted by Crippen LogP contribution is 2.24. The predicted molar refractivity (Wildman–Crippen MR) is 56.9 cm³/mol. The normalized spacial score (nSPS) is 10.6. The van der Waals surface area contributed by atoms with Crippen molar-refractivity contribution in [2.45, 2.75) is 12.3 Å². The molecule has 76 valence electrons. The fraction of sp³-hybridized carbons (Fsp3) is 0.250. The van der Waals surface area contributed by atoms with Crippen LogP contribution >= 0.6 is 34.2 Å². The zero-order valence-corrected chi connectivity index (χ0v) is 9.72. The molecule has 0 aliphatic heterocycles. The summed E-state index contributed by atoms with van der Waals surface area (Å²) in [5.74, 6) is 0.0505. The fourth-order valence-electron chi connectivity index (χ4n) is 0.945. The second-order valence-electron chi connectivity index (χ2n) is 2.45. The summed E-state index contributed by atoms with van der Waals surface area (Å²) in [6.45, 7) is 0. The zero-order valence-electron chi connectivity index (χ0n) is 6.81. The molecule has 0 fully saturated rings. The Morgan fingerprint density at radius 1 is 1.64 bits per heavy atom. The summed E-state index contributed by atoms with van der Waals surface area (Å²) in [5.41, 5.74) is -0.214. The van der Waals surface area contributed by atoms with E-state index < -0.39 is 12.1 Å². The van der Waals surface area contributed by atoms with Gasteiger partial charge in [0, 0.05) is 3.57 Å². The molecule has 0 unspecified atom stereocenters. The van der Waals surface area contributed by atoms with Crippen LogP contribution in [0.1, 0.15) is 28.2 Å². The van der Waals surface area contributed by atoms with Crippen molar-refractivity contribution in [1.82, 2.24) is 4.98 Å². The summed E-state index contributed by atoms with van der Waals surface area (Å²) in [7, 11) is 0. The predicted octanol–water partition coefficient (Wildman–Crippen LogP) is 3.18. The molecule has 0 aliphatic carbocycles. The third-order valence-electron chi connectivity index (χ3n) is 1.55. The molecular weight excluding hydrogens is 326 g/mol. The second-order valence-corrected chi connectivity index (χ2v) is 3.88. The number of carbonyl (C=O) groups excluding carboxylic acids is 1. The molecule has 0 aliphatic rings. The molecule has 2 nitrogen and oxygen atoms in total. The van der Waals surface area contributed by atoms with E-state index in [9.17, 15) is 13.6 Å². The van der Waals surface area contributed by atoms with Crippen LogP contribution in [0.2, 0.25) is 0 Å². The van der Waals surface area contributed by atoms with Gasteiger partial charge >= 0.3 is 0 Å². The minimum absolute atomic E-state index is 0.0505. The van der Waals surface area contributed by atoms with E-state index in [1.165, 1.54) is 6.07 Å². The standard InChI is InChI=1S/C8H5ClF2INO/c9-2-4-1-6(12)5(3-14)7(13-4)8(10)11/h1,3,8H,2H2. The highest BCUT2D eigenvalue weighted by Gasteiger charge is 2.18. The van der Waals surface area contributed by atoms with Crippen LogP contribution in [0, 0.1) is 3.57 Å². The smallest absolute Gasteiger partial charge is 0.281 e. The van der Waals surface area contributed by atoms with E-state index in [1.807, 2.05) is 0 Å². The lowest BCUT2D eigenvalue weighted by Gasteiger charge is -2.06. The maximum Gasteiger partial charge on any atom is 0.281 e. The van der Waals surface area contributed by atoms with Gasteiger partial charge in [0.1, 0.15) is 5.69 Å². The molecule has 1 rings (SSSR count). The van der Waals surface area contributed by atoms with Gasteiger partial charge in [-0.3, -0.25) is 4.79 Å². The van der Waals surface area contributed by atoms with Gasteiger partial charge in [-0.15, -0.1) is 11.6 Å². The third-order valence-corrected chi connectivity index (χ3v) is 2.72. The first-order valence-corrected chi connectivity index (χ1v) is 5.20. The van der Waals surface area contributed by atoms with Gasteiger partial charge in [-0.2, -0.15) is 0 Å². The lowest BCUT2D eigenvalue weighted by atomic mass is 10.2. The molecule has 0 aromatic carbocycles. The van der Waals surface area contributed by atoms with Crippen molar-refractivity contribution < 1.29 is 13.6 Å². The summed E-state index contributed by atoms with van der Waals surface area (Å²) in [6.07, 6.45) is -2.37. The molecule has 0 saturated heterocycles. The Balaban J connectivity index is 3.35. The van der Waals surface area contributed by atoms with Crippen LogP contribution in [0.3, 0.4) is 0 Å². The Hall–Kier alpha value is -0.300. The van der Waals surface area contributed by atoms with Gasteiger partial charge < -0.3 is 0 Å². The molecule has 1 aromatic rings. The van der Waals surface area contributed by atoms with Gasteiger partial charge in [-0.1, -0.05) is 0 Å². The minimum Gasteiger partial charge on any atom is -0.298 e. The number of hydrogen-bond donors (Lipinski definition) is 0. The van der Waals surface area contributed by atoms with E-state index in [2.05, 4.69) is 4.98 Å². The average molecular weight is 331 g/mol. The van der Waals surface area contributed by atoms with Gasteiger partial charge in [0.25, 0.3) is 6.43 Å². The first kappa shape index (κ1) is 11.8. The number of pyridine rings is 1. The van der Waals surface area contributed by atoms with Gasteiger partial charge in [-0.05, 0) is 28.7 Å². The number of aromatic nitrogens is 1. The molecular formula is C8H5ClF2INO. The van der Waals surface area contributed by atoms with E-state index in [-0.39, 0.29) is 11.4 Å². The molecule has 0 spiro atoms. The van der Waals surface area contributed by atoms with E-state index in [4.69, 9.17) is 11.6 Å². The van der Waals surface area contributed by atoms with Gasteiger partial charge in [0.2, 0.25) is 0 Å². The number of rotatable bonds is 3. The van der Waals surface area contributed by atoms with E-state index in [0.29, 0.717) is 15.6 Å². The van der Waals surface area contributed by atoms with Crippen LogP contribution in [0.5, 0.6) is 0 Å². The van der Waals surface area contributed by atoms with Crippen molar-refractivity contribution in [2.24, 2.45) is 0 Å². The Labute approximate surface area is 97.8 Å². The SMILES string of the molecule is O=Cc1c(I)cc(CCl)nc1C(F)F. The summed E-state index contributed by atoms with van der Waals surface area (Å²) in [4.78, 5) is 14.1. The lowest BCUT2D eigenvalue weighted by Crippen LogP contribution is -2.03. The summed E-state index contributed by atoms with van der Waals surface area (Å²) < 4.78 is 25.3. The number of halogens is 4. The highest BCUT2D eigenvalue weighted by molar-refractivity contribution is 14.1. The van der Waals surface area contributed by atoms with Crippen molar-refractivity contribution in [1.29, 1.82) is 0 Å². The lowest BCUT2D eigenvalue weighted by molar-refractivity contribution is 0.110. The maximum absolute atomic E-state index is 12.4. The number of alkyl halides is 3. The second kappa shape index (κ2) is 4.97. The summed E-state index contributed by atoms with van der Waals surface area (Å²) >= 11 is 7.28. The van der Waals surface area contributed by atoms with Crippen LogP contribution in [0.25, 0.3) is 0 Å². The largest absolute Gasteiger partial charge is 0.298 e. The fourth-order valence-corrected chi connectivity index (χ4v) is 1.84. The van der Waals surface area contributed by atoms with Gasteiger partial charge in [0.05, 0.1) is 17.1 Å². The van der Waals surface area contributed by atoms with Crippen molar-refractivity contribution in [3.8, 4) is 0 Å². The van der Waals surface area contributed by atoms with Crippen LogP contribution in [-0.2, 0) is 5.88 Å². The molecule has 0 amide bonds. The van der Waals surface area contributed by atoms with Crippen molar-refractivity contribution >= 4 is 40.5 Å². The first-order valence-electron chi connectivity index (χ1n) is 3.58. The third kappa shape index (κ3) is 2.38. The summed E-state index contributed by atoms with van der Waals surface area (Å²) in [6, 6.07) is 1.52. The Morgan fingerprint density at radius 2 is 2.29 bits per heavy atom. The number of hydrogen-bond acceptors (Lipinski definition) is 2. The molecule has 1 heterocycles. The molecule has 0 saturated carbocycles.